The second-order valence-corrected chi connectivity index (χ2v) is 6.98. The van der Waals surface area contributed by atoms with E-state index >= 15 is 0 Å². The average molecular weight is 393 g/mol. The number of aromatic hydroxyl groups is 2. The summed E-state index contributed by atoms with van der Waals surface area (Å²) in [4.78, 5) is 9.42. The number of benzene rings is 2. The predicted octanol–water partition coefficient (Wildman–Crippen LogP) is 4.24. The quantitative estimate of drug-likeness (QED) is 0.402. The lowest BCUT2D eigenvalue weighted by Crippen LogP contribution is -2.00. The molecule has 0 unspecified atom stereocenters. The number of aryl methyl sites for hydroxylation is 1. The van der Waals surface area contributed by atoms with Gasteiger partial charge in [-0.2, -0.15) is 0 Å². The number of rotatable bonds is 4. The van der Waals surface area contributed by atoms with Gasteiger partial charge in [0, 0.05) is 35.8 Å². The molecule has 0 aliphatic rings. The summed E-state index contributed by atoms with van der Waals surface area (Å²) in [6.07, 6.45) is 3.96. The highest BCUT2D eigenvalue weighted by Crippen LogP contribution is 2.42. The number of nitrogens with zero attached hydrogens (tertiary/aromatic N) is 3. The molecule has 4 aromatic rings. The zero-order chi connectivity index (χ0) is 20.7. The van der Waals surface area contributed by atoms with E-state index in [0.29, 0.717) is 33.8 Å². The van der Waals surface area contributed by atoms with Crippen molar-refractivity contribution in [1.29, 1.82) is 0 Å². The Hall–Kier alpha value is -3.61. The van der Waals surface area contributed by atoms with Crippen LogP contribution in [0.25, 0.3) is 21.7 Å². The highest BCUT2D eigenvalue weighted by Gasteiger charge is 2.22. The Kier molecular flexibility index (Phi) is 4.58. The van der Waals surface area contributed by atoms with E-state index < -0.39 is 0 Å². The topological polar surface area (TPSA) is 79.9 Å². The van der Waals surface area contributed by atoms with Crippen LogP contribution in [0.4, 0.5) is 4.39 Å². The number of hydrogen-bond acceptors (Lipinski definition) is 5. The Bertz CT molecular complexity index is 1260. The van der Waals surface area contributed by atoms with Crippen LogP contribution in [0, 0.1) is 5.82 Å². The molecule has 4 rings (SSSR count). The molecule has 0 aliphatic carbocycles. The van der Waals surface area contributed by atoms with Gasteiger partial charge in [-0.3, -0.25) is 4.98 Å². The number of aromatic nitrogens is 2. The van der Waals surface area contributed by atoms with Crippen LogP contribution < -0.4 is 0 Å². The fourth-order valence-electron chi connectivity index (χ4n) is 3.70. The van der Waals surface area contributed by atoms with Crippen molar-refractivity contribution in [3.05, 3.63) is 65.2 Å². The predicted molar refractivity (Wildman–Crippen MR) is 110 cm³/mol. The molecule has 2 heterocycles. The van der Waals surface area contributed by atoms with Crippen molar-refractivity contribution >= 4 is 27.4 Å². The van der Waals surface area contributed by atoms with Crippen molar-refractivity contribution < 1.29 is 19.4 Å². The van der Waals surface area contributed by atoms with Gasteiger partial charge in [-0.1, -0.05) is 17.3 Å². The molecule has 7 heteroatoms. The van der Waals surface area contributed by atoms with Crippen LogP contribution in [-0.2, 0) is 18.3 Å². The van der Waals surface area contributed by atoms with Crippen molar-refractivity contribution in [3.63, 3.8) is 0 Å². The summed E-state index contributed by atoms with van der Waals surface area (Å²) in [5, 5.41) is 26.9. The Labute approximate surface area is 166 Å². The summed E-state index contributed by atoms with van der Waals surface area (Å²) in [5.74, 6) is -0.422. The van der Waals surface area contributed by atoms with E-state index in [1.807, 2.05) is 6.07 Å². The van der Waals surface area contributed by atoms with Crippen LogP contribution >= 0.6 is 0 Å². The number of oxime groups is 1. The van der Waals surface area contributed by atoms with Crippen molar-refractivity contribution in [2.75, 3.05) is 7.11 Å². The standard InChI is InChI=1S/C22H20FN3O3/c1-12(25-29-3)18-16-9-14(8-13-4-6-15(23)7-5-13)10-24-20(16)21(27)19-17(18)11-26(2)22(19)28/h4-7,9-11,27-28H,8H2,1-3H3. The van der Waals surface area contributed by atoms with E-state index in [2.05, 4.69) is 10.1 Å². The summed E-state index contributed by atoms with van der Waals surface area (Å²) in [6.45, 7) is 1.80. The highest BCUT2D eigenvalue weighted by atomic mass is 19.1. The summed E-state index contributed by atoms with van der Waals surface area (Å²) in [5.41, 5.74) is 3.52. The third kappa shape index (κ3) is 3.14. The molecule has 0 aliphatic heterocycles. The van der Waals surface area contributed by atoms with Gasteiger partial charge in [0.2, 0.25) is 5.88 Å². The minimum Gasteiger partial charge on any atom is -0.505 e. The van der Waals surface area contributed by atoms with Crippen molar-refractivity contribution in [2.24, 2.45) is 12.2 Å². The molecule has 29 heavy (non-hydrogen) atoms. The highest BCUT2D eigenvalue weighted by molar-refractivity contribution is 6.22. The maximum Gasteiger partial charge on any atom is 0.202 e. The van der Waals surface area contributed by atoms with E-state index in [4.69, 9.17) is 4.84 Å². The molecule has 148 valence electrons. The fraction of sp³-hybridized carbons (Fsp3) is 0.182. The number of phenolic OH excluding ortho intramolecular Hbond substituents is 1. The van der Waals surface area contributed by atoms with Gasteiger partial charge in [-0.25, -0.2) is 4.39 Å². The SMILES string of the molecule is CON=C(C)c1c2cc(Cc3ccc(F)cc3)cnc2c(O)c2c(O)n(C)cc12. The van der Waals surface area contributed by atoms with Crippen LogP contribution in [0.1, 0.15) is 23.6 Å². The van der Waals surface area contributed by atoms with Gasteiger partial charge in [0.25, 0.3) is 0 Å². The number of halogens is 1. The number of phenols is 1. The number of fused-ring (bicyclic) bond motifs is 2. The van der Waals surface area contributed by atoms with E-state index in [9.17, 15) is 14.6 Å². The molecule has 0 saturated heterocycles. The lowest BCUT2D eigenvalue weighted by atomic mass is 9.96. The van der Waals surface area contributed by atoms with Gasteiger partial charge in [0.15, 0.2) is 5.75 Å². The second kappa shape index (κ2) is 7.09. The molecule has 0 bridgehead atoms. The first kappa shape index (κ1) is 18.7. The largest absolute Gasteiger partial charge is 0.505 e. The molecule has 0 fully saturated rings. The first-order valence-electron chi connectivity index (χ1n) is 9.04. The monoisotopic (exact) mass is 393 g/mol. The van der Waals surface area contributed by atoms with E-state index in [0.717, 1.165) is 16.7 Å². The maximum atomic E-state index is 13.2. The number of hydrogen-bond donors (Lipinski definition) is 2. The Balaban J connectivity index is 1.99. The molecule has 2 aromatic heterocycles. The van der Waals surface area contributed by atoms with Gasteiger partial charge in [0.1, 0.15) is 18.4 Å². The smallest absolute Gasteiger partial charge is 0.202 e. The first-order valence-corrected chi connectivity index (χ1v) is 9.04. The van der Waals surface area contributed by atoms with Gasteiger partial charge in [0.05, 0.1) is 11.1 Å². The zero-order valence-electron chi connectivity index (χ0n) is 16.3. The van der Waals surface area contributed by atoms with Crippen LogP contribution in [-0.4, -0.2) is 32.6 Å². The minimum atomic E-state index is -0.282. The zero-order valence-corrected chi connectivity index (χ0v) is 16.3. The van der Waals surface area contributed by atoms with Crippen LogP contribution in [0.3, 0.4) is 0 Å². The molecule has 0 radical (unpaired) electrons. The van der Waals surface area contributed by atoms with Gasteiger partial charge in [-0.05, 0) is 42.7 Å². The van der Waals surface area contributed by atoms with E-state index in [1.54, 1.807) is 38.5 Å². The van der Waals surface area contributed by atoms with Crippen LogP contribution in [0.15, 0.2) is 47.9 Å². The van der Waals surface area contributed by atoms with E-state index in [-0.39, 0.29) is 17.4 Å². The third-order valence-electron chi connectivity index (χ3n) is 5.01. The van der Waals surface area contributed by atoms with Gasteiger partial charge >= 0.3 is 0 Å². The van der Waals surface area contributed by atoms with Crippen LogP contribution in [0.2, 0.25) is 0 Å². The molecule has 2 N–H and O–H groups in total. The lowest BCUT2D eigenvalue weighted by Gasteiger charge is -2.12. The molecule has 0 amide bonds. The van der Waals surface area contributed by atoms with Crippen LogP contribution in [0.5, 0.6) is 11.6 Å². The third-order valence-corrected chi connectivity index (χ3v) is 5.01. The van der Waals surface area contributed by atoms with E-state index in [1.165, 1.54) is 23.8 Å². The Morgan fingerprint density at radius 1 is 1.17 bits per heavy atom. The summed E-state index contributed by atoms with van der Waals surface area (Å²) < 4.78 is 14.7. The van der Waals surface area contributed by atoms with Crippen molar-refractivity contribution in [3.8, 4) is 11.6 Å². The fourth-order valence-corrected chi connectivity index (χ4v) is 3.70. The lowest BCUT2D eigenvalue weighted by molar-refractivity contribution is 0.213. The molecule has 0 saturated carbocycles. The molecule has 2 aromatic carbocycles. The molecule has 0 spiro atoms. The average Bonchev–Trinajstić information content (AvgIpc) is 2.98. The summed E-state index contributed by atoms with van der Waals surface area (Å²) in [6, 6.07) is 8.24. The van der Waals surface area contributed by atoms with Crippen molar-refractivity contribution in [1.82, 2.24) is 9.55 Å². The molecular formula is C22H20FN3O3. The maximum absolute atomic E-state index is 13.2. The normalized spacial score (nSPS) is 12.1. The Morgan fingerprint density at radius 2 is 1.90 bits per heavy atom. The Morgan fingerprint density at radius 3 is 2.59 bits per heavy atom. The van der Waals surface area contributed by atoms with Gasteiger partial charge < -0.3 is 19.6 Å². The summed E-state index contributed by atoms with van der Waals surface area (Å²) >= 11 is 0. The minimum absolute atomic E-state index is 0.0527. The molecular weight excluding hydrogens is 373 g/mol. The summed E-state index contributed by atoms with van der Waals surface area (Å²) in [7, 11) is 3.16. The first-order chi connectivity index (χ1) is 13.9. The van der Waals surface area contributed by atoms with Gasteiger partial charge in [-0.15, -0.1) is 0 Å². The molecule has 0 atom stereocenters. The molecule has 6 nitrogen and oxygen atoms in total. The number of pyridine rings is 1. The second-order valence-electron chi connectivity index (χ2n) is 6.98. The van der Waals surface area contributed by atoms with Crippen molar-refractivity contribution in [2.45, 2.75) is 13.3 Å².